The van der Waals surface area contributed by atoms with E-state index in [9.17, 15) is 0 Å². The van der Waals surface area contributed by atoms with Crippen molar-refractivity contribution in [1.29, 1.82) is 0 Å². The highest BCUT2D eigenvalue weighted by Gasteiger charge is 2.14. The van der Waals surface area contributed by atoms with Gasteiger partial charge < -0.3 is 16.2 Å². The Morgan fingerprint density at radius 1 is 1.24 bits per heavy atom. The first kappa shape index (κ1) is 14.2. The Labute approximate surface area is 104 Å². The highest BCUT2D eigenvalue weighted by molar-refractivity contribution is 5.39. The SMILES string of the molecule is Cc1cc(C)c(C(CN)NCCCO)c(C)c1. The van der Waals surface area contributed by atoms with Crippen LogP contribution in [0.3, 0.4) is 0 Å². The minimum Gasteiger partial charge on any atom is -0.396 e. The number of nitrogens with two attached hydrogens (primary N) is 1. The van der Waals surface area contributed by atoms with Crippen molar-refractivity contribution in [1.82, 2.24) is 5.32 Å². The van der Waals surface area contributed by atoms with Gasteiger partial charge >= 0.3 is 0 Å². The first-order valence-electron chi connectivity index (χ1n) is 6.22. The molecule has 1 aromatic carbocycles. The molecule has 0 heterocycles. The molecule has 4 N–H and O–H groups in total. The molecule has 17 heavy (non-hydrogen) atoms. The number of hydrogen-bond acceptors (Lipinski definition) is 3. The molecule has 0 bridgehead atoms. The highest BCUT2D eigenvalue weighted by Crippen LogP contribution is 2.22. The molecule has 3 heteroatoms. The van der Waals surface area contributed by atoms with E-state index in [-0.39, 0.29) is 12.6 Å². The number of rotatable bonds is 6. The smallest absolute Gasteiger partial charge is 0.0449 e. The number of aliphatic hydroxyl groups is 1. The molecule has 1 rings (SSSR count). The summed E-state index contributed by atoms with van der Waals surface area (Å²) in [4.78, 5) is 0. The molecule has 1 unspecified atom stereocenters. The van der Waals surface area contributed by atoms with Crippen LogP contribution >= 0.6 is 0 Å². The third-order valence-corrected chi connectivity index (χ3v) is 3.05. The van der Waals surface area contributed by atoms with Crippen molar-refractivity contribution < 1.29 is 5.11 Å². The Morgan fingerprint density at radius 3 is 2.29 bits per heavy atom. The summed E-state index contributed by atoms with van der Waals surface area (Å²) in [5, 5.41) is 12.2. The zero-order valence-corrected chi connectivity index (χ0v) is 11.1. The van der Waals surface area contributed by atoms with Gasteiger partial charge in [-0.2, -0.15) is 0 Å². The quantitative estimate of drug-likeness (QED) is 0.657. The van der Waals surface area contributed by atoms with Crippen LogP contribution in [0.25, 0.3) is 0 Å². The molecule has 0 saturated heterocycles. The summed E-state index contributed by atoms with van der Waals surface area (Å²) in [6.45, 7) is 7.97. The van der Waals surface area contributed by atoms with Crippen molar-refractivity contribution in [2.24, 2.45) is 5.73 Å². The van der Waals surface area contributed by atoms with E-state index in [0.717, 1.165) is 13.0 Å². The van der Waals surface area contributed by atoms with Gasteiger partial charge in [-0.3, -0.25) is 0 Å². The Morgan fingerprint density at radius 2 is 1.82 bits per heavy atom. The van der Waals surface area contributed by atoms with Crippen LogP contribution in [0.5, 0.6) is 0 Å². The summed E-state index contributed by atoms with van der Waals surface area (Å²) in [5.41, 5.74) is 11.0. The number of benzene rings is 1. The first-order valence-corrected chi connectivity index (χ1v) is 6.22. The van der Waals surface area contributed by atoms with Crippen LogP contribution in [-0.4, -0.2) is 24.8 Å². The number of aliphatic hydroxyl groups excluding tert-OH is 1. The van der Waals surface area contributed by atoms with Crippen LogP contribution in [0.15, 0.2) is 12.1 Å². The third-order valence-electron chi connectivity index (χ3n) is 3.05. The molecule has 0 amide bonds. The molecule has 0 spiro atoms. The Hall–Kier alpha value is -0.900. The van der Waals surface area contributed by atoms with Crippen molar-refractivity contribution in [3.63, 3.8) is 0 Å². The van der Waals surface area contributed by atoms with E-state index in [2.05, 4.69) is 38.2 Å². The van der Waals surface area contributed by atoms with Crippen LogP contribution in [0.1, 0.15) is 34.7 Å². The van der Waals surface area contributed by atoms with Gasteiger partial charge in [0, 0.05) is 19.2 Å². The second kappa shape index (κ2) is 6.74. The van der Waals surface area contributed by atoms with Gasteiger partial charge in [-0.15, -0.1) is 0 Å². The van der Waals surface area contributed by atoms with Crippen LogP contribution in [0.2, 0.25) is 0 Å². The molecule has 3 nitrogen and oxygen atoms in total. The molecule has 0 aliphatic carbocycles. The molecule has 96 valence electrons. The monoisotopic (exact) mass is 236 g/mol. The fourth-order valence-corrected chi connectivity index (χ4v) is 2.40. The number of nitrogens with one attached hydrogen (secondary N) is 1. The fraction of sp³-hybridized carbons (Fsp3) is 0.571. The van der Waals surface area contributed by atoms with Crippen LogP contribution < -0.4 is 11.1 Å². The standard InChI is InChI=1S/C14H24N2O/c1-10-7-11(2)14(12(3)8-10)13(9-15)16-5-4-6-17/h7-8,13,16-17H,4-6,9,15H2,1-3H3. The van der Waals surface area contributed by atoms with E-state index in [1.807, 2.05) is 0 Å². The van der Waals surface area contributed by atoms with Gasteiger partial charge in [0.05, 0.1) is 0 Å². The summed E-state index contributed by atoms with van der Waals surface area (Å²) in [7, 11) is 0. The summed E-state index contributed by atoms with van der Waals surface area (Å²) in [5.74, 6) is 0. The average Bonchev–Trinajstić information content (AvgIpc) is 2.25. The molecule has 1 atom stereocenters. The second-order valence-corrected chi connectivity index (χ2v) is 4.63. The minimum atomic E-state index is 0.183. The first-order chi connectivity index (χ1) is 8.10. The van der Waals surface area contributed by atoms with E-state index >= 15 is 0 Å². The van der Waals surface area contributed by atoms with Gasteiger partial charge in [0.1, 0.15) is 0 Å². The predicted molar refractivity (Wildman–Crippen MR) is 72.2 cm³/mol. The van der Waals surface area contributed by atoms with Crippen LogP contribution in [0.4, 0.5) is 0 Å². The van der Waals surface area contributed by atoms with Gasteiger partial charge in [-0.1, -0.05) is 17.7 Å². The molecule has 1 aromatic rings. The average molecular weight is 236 g/mol. The maximum atomic E-state index is 8.80. The highest BCUT2D eigenvalue weighted by atomic mass is 16.3. The van der Waals surface area contributed by atoms with Crippen LogP contribution in [-0.2, 0) is 0 Å². The Kier molecular flexibility index (Phi) is 5.62. The summed E-state index contributed by atoms with van der Waals surface area (Å²) >= 11 is 0. The van der Waals surface area contributed by atoms with Crippen molar-refractivity contribution >= 4 is 0 Å². The summed E-state index contributed by atoms with van der Waals surface area (Å²) in [6, 6.07) is 4.57. The number of hydrogen-bond donors (Lipinski definition) is 3. The van der Waals surface area contributed by atoms with Gasteiger partial charge in [0.25, 0.3) is 0 Å². The van der Waals surface area contributed by atoms with Crippen molar-refractivity contribution in [3.8, 4) is 0 Å². The Bertz CT molecular complexity index is 340. The predicted octanol–water partition coefficient (Wildman–Crippen LogP) is 1.58. The summed E-state index contributed by atoms with van der Waals surface area (Å²) < 4.78 is 0. The minimum absolute atomic E-state index is 0.183. The van der Waals surface area contributed by atoms with E-state index in [1.54, 1.807) is 0 Å². The molecule has 0 aliphatic rings. The maximum absolute atomic E-state index is 8.80. The van der Waals surface area contributed by atoms with Crippen LogP contribution in [0, 0.1) is 20.8 Å². The number of aryl methyl sites for hydroxylation is 3. The molecule has 0 saturated carbocycles. The van der Waals surface area contributed by atoms with Gasteiger partial charge in [-0.25, -0.2) is 0 Å². The van der Waals surface area contributed by atoms with Crippen molar-refractivity contribution in [3.05, 3.63) is 34.4 Å². The van der Waals surface area contributed by atoms with Crippen molar-refractivity contribution in [2.45, 2.75) is 33.2 Å². The second-order valence-electron chi connectivity index (χ2n) is 4.63. The zero-order valence-electron chi connectivity index (χ0n) is 11.1. The lowest BCUT2D eigenvalue weighted by atomic mass is 9.94. The van der Waals surface area contributed by atoms with Gasteiger partial charge in [0.15, 0.2) is 0 Å². The maximum Gasteiger partial charge on any atom is 0.0449 e. The third kappa shape index (κ3) is 3.80. The Balaban J connectivity index is 2.87. The topological polar surface area (TPSA) is 58.3 Å². The van der Waals surface area contributed by atoms with E-state index in [1.165, 1.54) is 22.3 Å². The normalized spacial score (nSPS) is 12.8. The lowest BCUT2D eigenvalue weighted by Crippen LogP contribution is -2.30. The molecule has 0 radical (unpaired) electrons. The zero-order chi connectivity index (χ0) is 12.8. The molecular formula is C14H24N2O. The van der Waals surface area contributed by atoms with E-state index in [4.69, 9.17) is 10.8 Å². The summed E-state index contributed by atoms with van der Waals surface area (Å²) in [6.07, 6.45) is 0.764. The van der Waals surface area contributed by atoms with E-state index < -0.39 is 0 Å². The fourth-order valence-electron chi connectivity index (χ4n) is 2.40. The van der Waals surface area contributed by atoms with Gasteiger partial charge in [0.2, 0.25) is 0 Å². The van der Waals surface area contributed by atoms with Crippen molar-refractivity contribution in [2.75, 3.05) is 19.7 Å². The van der Waals surface area contributed by atoms with Gasteiger partial charge in [-0.05, 0) is 50.4 Å². The van der Waals surface area contributed by atoms with E-state index in [0.29, 0.717) is 6.54 Å². The molecule has 0 fully saturated rings. The molecule has 0 aromatic heterocycles. The lowest BCUT2D eigenvalue weighted by molar-refractivity contribution is 0.283. The molecular weight excluding hydrogens is 212 g/mol. The largest absolute Gasteiger partial charge is 0.396 e. The molecule has 0 aliphatic heterocycles. The lowest BCUT2D eigenvalue weighted by Gasteiger charge is -2.22.